The molecule has 1 aliphatic rings. The van der Waals surface area contributed by atoms with Gasteiger partial charge in [0.05, 0.1) is 26.3 Å². The molecule has 18 heavy (non-hydrogen) atoms. The molecule has 1 fully saturated rings. The number of amides is 1. The maximum absolute atomic E-state index is 12.9. The van der Waals surface area contributed by atoms with Crippen LogP contribution in [0.2, 0.25) is 0 Å². The van der Waals surface area contributed by atoms with Gasteiger partial charge in [-0.1, -0.05) is 6.07 Å². The van der Waals surface area contributed by atoms with E-state index in [1.165, 1.54) is 23.1 Å². The predicted molar refractivity (Wildman–Crippen MR) is 65.1 cm³/mol. The summed E-state index contributed by atoms with van der Waals surface area (Å²) >= 11 is 0. The van der Waals surface area contributed by atoms with Gasteiger partial charge in [-0.2, -0.15) is 0 Å². The Bertz CT molecular complexity index is 406. The van der Waals surface area contributed by atoms with Crippen LogP contribution in [-0.2, 0) is 4.74 Å². The van der Waals surface area contributed by atoms with Crippen molar-refractivity contribution in [3.05, 3.63) is 35.6 Å². The zero-order valence-electron chi connectivity index (χ0n) is 10.2. The maximum atomic E-state index is 12.9. The largest absolute Gasteiger partial charge is 0.370 e. The molecule has 1 aromatic rings. The Labute approximate surface area is 106 Å². The highest BCUT2D eigenvalue weighted by atomic mass is 19.1. The molecule has 0 saturated carbocycles. The standard InChI is InChI=1S/C13H17FN2O2/c14-12-3-1-2-11(10-12)13(17)15-4-5-16-6-8-18-9-7-16/h1-3,10H,4-9H2,(H,15,17)/p+1. The molecule has 0 aliphatic carbocycles. The molecule has 2 N–H and O–H groups in total. The van der Waals surface area contributed by atoms with E-state index in [1.807, 2.05) is 0 Å². The first-order chi connectivity index (χ1) is 8.75. The van der Waals surface area contributed by atoms with E-state index in [0.717, 1.165) is 32.8 Å². The number of hydrogen-bond acceptors (Lipinski definition) is 2. The van der Waals surface area contributed by atoms with Crippen LogP contribution in [0.1, 0.15) is 10.4 Å². The minimum Gasteiger partial charge on any atom is -0.370 e. The van der Waals surface area contributed by atoms with Gasteiger partial charge in [0.2, 0.25) is 0 Å². The van der Waals surface area contributed by atoms with E-state index in [1.54, 1.807) is 6.07 Å². The number of quaternary nitrogens is 1. The molecule has 2 rings (SSSR count). The van der Waals surface area contributed by atoms with E-state index < -0.39 is 0 Å². The van der Waals surface area contributed by atoms with Crippen LogP contribution in [0, 0.1) is 5.82 Å². The average molecular weight is 253 g/mol. The predicted octanol–water partition coefficient (Wildman–Crippen LogP) is -0.529. The molecule has 1 aromatic carbocycles. The van der Waals surface area contributed by atoms with Crippen molar-refractivity contribution in [1.82, 2.24) is 5.32 Å². The van der Waals surface area contributed by atoms with Crippen LogP contribution in [0.5, 0.6) is 0 Å². The summed E-state index contributed by atoms with van der Waals surface area (Å²) in [6, 6.07) is 5.73. The average Bonchev–Trinajstić information content (AvgIpc) is 2.40. The first-order valence-corrected chi connectivity index (χ1v) is 6.21. The smallest absolute Gasteiger partial charge is 0.251 e. The number of carbonyl (C=O) groups excluding carboxylic acids is 1. The van der Waals surface area contributed by atoms with Crippen molar-refractivity contribution in [2.24, 2.45) is 0 Å². The molecule has 1 amide bonds. The number of nitrogens with one attached hydrogen (secondary N) is 2. The van der Waals surface area contributed by atoms with Crippen molar-refractivity contribution in [3.8, 4) is 0 Å². The molecule has 0 bridgehead atoms. The highest BCUT2D eigenvalue weighted by Gasteiger charge is 2.13. The normalized spacial score (nSPS) is 16.5. The van der Waals surface area contributed by atoms with Gasteiger partial charge in [0.15, 0.2) is 0 Å². The van der Waals surface area contributed by atoms with Crippen molar-refractivity contribution >= 4 is 5.91 Å². The molecule has 5 heteroatoms. The van der Waals surface area contributed by atoms with Crippen molar-refractivity contribution in [3.63, 3.8) is 0 Å². The van der Waals surface area contributed by atoms with Crippen LogP contribution in [0.3, 0.4) is 0 Å². The maximum Gasteiger partial charge on any atom is 0.251 e. The molecule has 1 saturated heterocycles. The molecule has 0 spiro atoms. The lowest BCUT2D eigenvalue weighted by molar-refractivity contribution is -0.906. The fraction of sp³-hybridized carbons (Fsp3) is 0.462. The molecular formula is C13H18FN2O2+. The second-order valence-electron chi connectivity index (χ2n) is 4.38. The monoisotopic (exact) mass is 253 g/mol. The third-order valence-corrected chi connectivity index (χ3v) is 3.05. The SMILES string of the molecule is O=C(NCC[NH+]1CCOCC1)c1cccc(F)c1. The Kier molecular flexibility index (Phi) is 4.66. The van der Waals surface area contributed by atoms with Gasteiger partial charge in [-0.3, -0.25) is 4.79 Å². The number of benzene rings is 1. The van der Waals surface area contributed by atoms with E-state index in [4.69, 9.17) is 4.74 Å². The number of carbonyl (C=O) groups is 1. The third kappa shape index (κ3) is 3.78. The summed E-state index contributed by atoms with van der Waals surface area (Å²) in [5, 5.41) is 2.81. The zero-order valence-corrected chi connectivity index (χ0v) is 10.2. The van der Waals surface area contributed by atoms with Gasteiger partial charge < -0.3 is 15.0 Å². The van der Waals surface area contributed by atoms with Crippen LogP contribution in [0.15, 0.2) is 24.3 Å². The van der Waals surface area contributed by atoms with E-state index in [9.17, 15) is 9.18 Å². The zero-order chi connectivity index (χ0) is 12.8. The molecular weight excluding hydrogens is 235 g/mol. The van der Waals surface area contributed by atoms with Gasteiger partial charge in [0, 0.05) is 5.56 Å². The van der Waals surface area contributed by atoms with Crippen molar-refractivity contribution in [2.75, 3.05) is 39.4 Å². The van der Waals surface area contributed by atoms with Crippen LogP contribution < -0.4 is 10.2 Å². The molecule has 98 valence electrons. The molecule has 1 aliphatic heterocycles. The summed E-state index contributed by atoms with van der Waals surface area (Å²) in [6.07, 6.45) is 0. The Morgan fingerprint density at radius 3 is 2.89 bits per heavy atom. The van der Waals surface area contributed by atoms with Gasteiger partial charge in [-0.25, -0.2) is 4.39 Å². The van der Waals surface area contributed by atoms with E-state index >= 15 is 0 Å². The fourth-order valence-corrected chi connectivity index (χ4v) is 1.99. The lowest BCUT2D eigenvalue weighted by Gasteiger charge is -2.23. The van der Waals surface area contributed by atoms with Crippen LogP contribution >= 0.6 is 0 Å². The van der Waals surface area contributed by atoms with E-state index in [-0.39, 0.29) is 11.7 Å². The van der Waals surface area contributed by atoms with Crippen molar-refractivity contribution < 1.29 is 18.8 Å². The topological polar surface area (TPSA) is 42.8 Å². The lowest BCUT2D eigenvalue weighted by atomic mass is 10.2. The number of morpholine rings is 1. The summed E-state index contributed by atoms with van der Waals surface area (Å²) in [4.78, 5) is 13.2. The molecule has 0 atom stereocenters. The second-order valence-corrected chi connectivity index (χ2v) is 4.38. The highest BCUT2D eigenvalue weighted by molar-refractivity contribution is 5.94. The van der Waals surface area contributed by atoms with E-state index in [2.05, 4.69) is 5.32 Å². The fourth-order valence-electron chi connectivity index (χ4n) is 1.99. The minimum absolute atomic E-state index is 0.220. The lowest BCUT2D eigenvalue weighted by Crippen LogP contribution is -3.14. The first kappa shape index (κ1) is 13.0. The number of hydrogen-bond donors (Lipinski definition) is 2. The van der Waals surface area contributed by atoms with Gasteiger partial charge in [0.25, 0.3) is 5.91 Å². The molecule has 1 heterocycles. The quantitative estimate of drug-likeness (QED) is 0.757. The Morgan fingerprint density at radius 2 is 2.17 bits per heavy atom. The third-order valence-electron chi connectivity index (χ3n) is 3.05. The summed E-state index contributed by atoms with van der Waals surface area (Å²) in [5.74, 6) is -0.608. The number of ether oxygens (including phenoxy) is 1. The Balaban J connectivity index is 1.74. The molecule has 0 radical (unpaired) electrons. The summed E-state index contributed by atoms with van der Waals surface area (Å²) in [7, 11) is 0. The van der Waals surface area contributed by atoms with Crippen LogP contribution in [-0.4, -0.2) is 45.3 Å². The van der Waals surface area contributed by atoms with Crippen LogP contribution in [0.4, 0.5) is 4.39 Å². The van der Waals surface area contributed by atoms with E-state index in [0.29, 0.717) is 12.1 Å². The Morgan fingerprint density at radius 1 is 1.39 bits per heavy atom. The minimum atomic E-state index is -0.388. The van der Waals surface area contributed by atoms with Gasteiger partial charge >= 0.3 is 0 Å². The van der Waals surface area contributed by atoms with Gasteiger partial charge in [-0.05, 0) is 18.2 Å². The van der Waals surface area contributed by atoms with Gasteiger partial charge in [0.1, 0.15) is 18.9 Å². The van der Waals surface area contributed by atoms with Crippen molar-refractivity contribution in [2.45, 2.75) is 0 Å². The summed E-state index contributed by atoms with van der Waals surface area (Å²) < 4.78 is 18.2. The Hall–Kier alpha value is -1.46. The molecule has 0 unspecified atom stereocenters. The second kappa shape index (κ2) is 6.47. The molecule has 4 nitrogen and oxygen atoms in total. The first-order valence-electron chi connectivity index (χ1n) is 6.21. The number of halogens is 1. The summed E-state index contributed by atoms with van der Waals surface area (Å²) in [5.41, 5.74) is 0.368. The highest BCUT2D eigenvalue weighted by Crippen LogP contribution is 2.02. The number of rotatable bonds is 4. The van der Waals surface area contributed by atoms with Crippen LogP contribution in [0.25, 0.3) is 0 Å². The molecule has 0 aromatic heterocycles. The van der Waals surface area contributed by atoms with Crippen molar-refractivity contribution in [1.29, 1.82) is 0 Å². The van der Waals surface area contributed by atoms with Gasteiger partial charge in [-0.15, -0.1) is 0 Å². The summed E-state index contributed by atoms with van der Waals surface area (Å²) in [6.45, 7) is 5.01.